The van der Waals surface area contributed by atoms with E-state index in [-0.39, 0.29) is 11.8 Å². The summed E-state index contributed by atoms with van der Waals surface area (Å²) in [6.07, 6.45) is 2.05. The monoisotopic (exact) mass is 368 g/mol. The van der Waals surface area contributed by atoms with Crippen molar-refractivity contribution in [3.63, 3.8) is 0 Å². The number of carbonyl (C=O) groups excluding carboxylic acids is 1. The molecule has 1 aliphatic heterocycles. The van der Waals surface area contributed by atoms with Crippen molar-refractivity contribution in [3.8, 4) is 0 Å². The van der Waals surface area contributed by atoms with Gasteiger partial charge in [0, 0.05) is 30.3 Å². The van der Waals surface area contributed by atoms with E-state index in [1.165, 1.54) is 5.56 Å². The van der Waals surface area contributed by atoms with Gasteiger partial charge in [0.25, 0.3) is 5.91 Å². The molecule has 0 saturated carbocycles. The molecule has 1 aromatic carbocycles. The number of para-hydroxylation sites is 1. The Morgan fingerprint density at radius 1 is 1.35 bits per heavy atom. The van der Waals surface area contributed by atoms with E-state index in [2.05, 4.69) is 42.9 Å². The number of thiazole rings is 1. The standard InChI is InChI=1S/C20H24N4OS/c1-12(2)19-22-16(11-26-19)20(25)24-9-5-7-14(10-24)18-21-15-8-4-6-13(3)17(15)23-18/h4,6,8,11-12,14H,5,7,9-10H2,1-3H3,(H,21,23)/t14-/m0/s1. The van der Waals surface area contributed by atoms with Gasteiger partial charge in [-0.25, -0.2) is 9.97 Å². The lowest BCUT2D eigenvalue weighted by Crippen LogP contribution is -2.39. The number of aromatic nitrogens is 3. The lowest BCUT2D eigenvalue weighted by molar-refractivity contribution is 0.0699. The number of likely N-dealkylation sites (tertiary alicyclic amines) is 1. The largest absolute Gasteiger partial charge is 0.342 e. The number of H-pyrrole nitrogens is 1. The summed E-state index contributed by atoms with van der Waals surface area (Å²) in [5.74, 6) is 1.65. The smallest absolute Gasteiger partial charge is 0.273 e. The molecule has 0 aliphatic carbocycles. The Kier molecular flexibility index (Phi) is 4.53. The van der Waals surface area contributed by atoms with E-state index in [0.29, 0.717) is 18.2 Å². The van der Waals surface area contributed by atoms with Crippen LogP contribution >= 0.6 is 11.3 Å². The number of aromatic amines is 1. The minimum atomic E-state index is 0.0464. The molecule has 26 heavy (non-hydrogen) atoms. The molecule has 136 valence electrons. The molecule has 1 saturated heterocycles. The highest BCUT2D eigenvalue weighted by atomic mass is 32.1. The van der Waals surface area contributed by atoms with E-state index < -0.39 is 0 Å². The molecule has 0 spiro atoms. The average molecular weight is 369 g/mol. The van der Waals surface area contributed by atoms with Crippen LogP contribution < -0.4 is 0 Å². The van der Waals surface area contributed by atoms with Crippen LogP contribution in [0.5, 0.6) is 0 Å². The lowest BCUT2D eigenvalue weighted by Gasteiger charge is -2.31. The zero-order valence-electron chi connectivity index (χ0n) is 15.5. The molecule has 3 aromatic rings. The highest BCUT2D eigenvalue weighted by Gasteiger charge is 2.28. The minimum absolute atomic E-state index is 0.0464. The molecule has 1 fully saturated rings. The molecule has 1 N–H and O–H groups in total. The van der Waals surface area contributed by atoms with E-state index in [1.807, 2.05) is 16.3 Å². The summed E-state index contributed by atoms with van der Waals surface area (Å²) >= 11 is 1.57. The second-order valence-electron chi connectivity index (χ2n) is 7.41. The topological polar surface area (TPSA) is 61.9 Å². The normalized spacial score (nSPS) is 18.0. The molecular weight excluding hydrogens is 344 g/mol. The number of fused-ring (bicyclic) bond motifs is 1. The van der Waals surface area contributed by atoms with Crippen molar-refractivity contribution in [2.75, 3.05) is 13.1 Å². The van der Waals surface area contributed by atoms with Crippen molar-refractivity contribution in [1.29, 1.82) is 0 Å². The first-order chi connectivity index (χ1) is 12.5. The predicted octanol–water partition coefficient (Wildman–Crippen LogP) is 4.47. The Hall–Kier alpha value is -2.21. The Morgan fingerprint density at radius 2 is 2.19 bits per heavy atom. The molecule has 2 aromatic heterocycles. The SMILES string of the molecule is Cc1cccc2[nH]c([C@H]3CCCN(C(=O)c4csc(C(C)C)n4)C3)nc12. The van der Waals surface area contributed by atoms with Crippen molar-refractivity contribution in [2.45, 2.75) is 45.4 Å². The van der Waals surface area contributed by atoms with Crippen LogP contribution in [-0.2, 0) is 0 Å². The van der Waals surface area contributed by atoms with E-state index in [4.69, 9.17) is 4.98 Å². The number of amides is 1. The highest BCUT2D eigenvalue weighted by Crippen LogP contribution is 2.29. The van der Waals surface area contributed by atoms with Crippen LogP contribution in [0.4, 0.5) is 0 Å². The van der Waals surface area contributed by atoms with E-state index in [1.54, 1.807) is 11.3 Å². The fourth-order valence-corrected chi connectivity index (χ4v) is 4.39. The third kappa shape index (κ3) is 3.14. The van der Waals surface area contributed by atoms with Crippen molar-refractivity contribution in [1.82, 2.24) is 19.9 Å². The second-order valence-corrected chi connectivity index (χ2v) is 8.30. The molecule has 0 unspecified atom stereocenters. The molecule has 1 amide bonds. The molecule has 0 bridgehead atoms. The zero-order valence-corrected chi connectivity index (χ0v) is 16.3. The van der Waals surface area contributed by atoms with Crippen molar-refractivity contribution in [2.24, 2.45) is 0 Å². The molecule has 6 heteroatoms. The molecule has 4 rings (SSSR count). The number of imidazole rings is 1. The van der Waals surface area contributed by atoms with Crippen LogP contribution in [0.25, 0.3) is 11.0 Å². The van der Waals surface area contributed by atoms with Crippen molar-refractivity contribution < 1.29 is 4.79 Å². The Bertz CT molecular complexity index is 942. The fourth-order valence-electron chi connectivity index (χ4n) is 3.59. The molecular formula is C20H24N4OS. The van der Waals surface area contributed by atoms with Crippen LogP contribution in [0.3, 0.4) is 0 Å². The van der Waals surface area contributed by atoms with Crippen LogP contribution in [0.1, 0.15) is 65.4 Å². The number of hydrogen-bond acceptors (Lipinski definition) is 4. The first kappa shape index (κ1) is 17.2. The Balaban J connectivity index is 1.54. The molecule has 1 atom stereocenters. The van der Waals surface area contributed by atoms with Crippen LogP contribution in [-0.4, -0.2) is 38.8 Å². The van der Waals surface area contributed by atoms with E-state index >= 15 is 0 Å². The maximum absolute atomic E-state index is 12.9. The van der Waals surface area contributed by atoms with Gasteiger partial charge in [0.2, 0.25) is 0 Å². The van der Waals surface area contributed by atoms with E-state index in [0.717, 1.165) is 41.3 Å². The number of hydrogen-bond donors (Lipinski definition) is 1. The van der Waals surface area contributed by atoms with Crippen LogP contribution in [0, 0.1) is 6.92 Å². The first-order valence-corrected chi connectivity index (χ1v) is 10.1. The van der Waals surface area contributed by atoms with Gasteiger partial charge in [-0.3, -0.25) is 4.79 Å². The number of nitrogens with zero attached hydrogens (tertiary/aromatic N) is 3. The molecule has 5 nitrogen and oxygen atoms in total. The first-order valence-electron chi connectivity index (χ1n) is 9.23. The number of benzene rings is 1. The van der Waals surface area contributed by atoms with Gasteiger partial charge < -0.3 is 9.88 Å². The Morgan fingerprint density at radius 3 is 2.92 bits per heavy atom. The molecule has 0 radical (unpaired) electrons. The summed E-state index contributed by atoms with van der Waals surface area (Å²) < 4.78 is 0. The van der Waals surface area contributed by atoms with Gasteiger partial charge >= 0.3 is 0 Å². The summed E-state index contributed by atoms with van der Waals surface area (Å²) in [5.41, 5.74) is 3.87. The van der Waals surface area contributed by atoms with Gasteiger partial charge in [-0.2, -0.15) is 0 Å². The number of rotatable bonds is 3. The van der Waals surface area contributed by atoms with Gasteiger partial charge in [0.15, 0.2) is 0 Å². The maximum atomic E-state index is 12.9. The Labute approximate surface area is 157 Å². The van der Waals surface area contributed by atoms with Crippen molar-refractivity contribution >= 4 is 28.3 Å². The summed E-state index contributed by atoms with van der Waals surface area (Å²) in [4.78, 5) is 27.6. The number of carbonyl (C=O) groups is 1. The fraction of sp³-hybridized carbons (Fsp3) is 0.450. The average Bonchev–Trinajstić information content (AvgIpc) is 3.29. The summed E-state index contributed by atoms with van der Waals surface area (Å²) in [6, 6.07) is 6.19. The van der Waals surface area contributed by atoms with Gasteiger partial charge in [0.1, 0.15) is 11.5 Å². The zero-order chi connectivity index (χ0) is 18.3. The second kappa shape index (κ2) is 6.83. The van der Waals surface area contributed by atoms with E-state index in [9.17, 15) is 4.79 Å². The van der Waals surface area contributed by atoms with Crippen LogP contribution in [0.2, 0.25) is 0 Å². The quantitative estimate of drug-likeness (QED) is 0.742. The van der Waals surface area contributed by atoms with Gasteiger partial charge in [-0.05, 0) is 31.4 Å². The summed E-state index contributed by atoms with van der Waals surface area (Å²) in [5, 5.41) is 2.92. The third-order valence-electron chi connectivity index (χ3n) is 5.06. The summed E-state index contributed by atoms with van der Waals surface area (Å²) in [7, 11) is 0. The maximum Gasteiger partial charge on any atom is 0.273 e. The molecule has 3 heterocycles. The highest BCUT2D eigenvalue weighted by molar-refractivity contribution is 7.09. The van der Waals surface area contributed by atoms with Crippen molar-refractivity contribution in [3.05, 3.63) is 45.7 Å². The number of aryl methyl sites for hydroxylation is 1. The van der Waals surface area contributed by atoms with Gasteiger partial charge in [-0.1, -0.05) is 26.0 Å². The van der Waals surface area contributed by atoms with Gasteiger partial charge in [0.05, 0.1) is 16.0 Å². The number of piperidine rings is 1. The number of nitrogens with one attached hydrogen (secondary N) is 1. The summed E-state index contributed by atoms with van der Waals surface area (Å²) in [6.45, 7) is 7.79. The van der Waals surface area contributed by atoms with Gasteiger partial charge in [-0.15, -0.1) is 11.3 Å². The minimum Gasteiger partial charge on any atom is -0.342 e. The molecule has 1 aliphatic rings. The lowest BCUT2D eigenvalue weighted by atomic mass is 9.97. The predicted molar refractivity (Wildman–Crippen MR) is 105 cm³/mol. The third-order valence-corrected chi connectivity index (χ3v) is 6.21. The van der Waals surface area contributed by atoms with Crippen LogP contribution in [0.15, 0.2) is 23.6 Å².